The summed E-state index contributed by atoms with van der Waals surface area (Å²) in [7, 11) is 0. The van der Waals surface area contributed by atoms with Gasteiger partial charge in [0.2, 0.25) is 11.8 Å². The van der Waals surface area contributed by atoms with E-state index in [1.54, 1.807) is 0 Å². The molecule has 0 radical (unpaired) electrons. The third-order valence-electron chi connectivity index (χ3n) is 2.98. The largest absolute Gasteiger partial charge is 0.465 e. The van der Waals surface area contributed by atoms with Gasteiger partial charge >= 0.3 is 6.09 Å². The second-order valence-corrected chi connectivity index (χ2v) is 4.49. The highest BCUT2D eigenvalue weighted by Gasteiger charge is 2.25. The summed E-state index contributed by atoms with van der Waals surface area (Å²) in [6.07, 6.45) is 1.31. The van der Waals surface area contributed by atoms with Crippen LogP contribution in [0.4, 0.5) is 4.79 Å². The lowest BCUT2D eigenvalue weighted by Crippen LogP contribution is -2.50. The van der Waals surface area contributed by atoms with E-state index in [0.29, 0.717) is 12.8 Å². The number of hydrogen-bond donors (Lipinski definition) is 5. The number of rotatable bonds is 7. The Kier molecular flexibility index (Phi) is 6.07. The normalized spacial score (nSPS) is 19.7. The Bertz CT molecular complexity index is 342. The van der Waals surface area contributed by atoms with Crippen LogP contribution in [0, 0.1) is 0 Å². The van der Waals surface area contributed by atoms with E-state index >= 15 is 0 Å². The second kappa shape index (κ2) is 7.57. The summed E-state index contributed by atoms with van der Waals surface area (Å²) in [5.74, 6) is -0.839. The first-order chi connectivity index (χ1) is 9.00. The standard InChI is InChI=1S/C11H20N4O4/c12-9(16)7(3-1-6-14-11(18)19)15-10(17)8-4-2-5-13-8/h7-8,13-14H,1-6H2,(H2,12,16)(H,15,17)(H,18,19)/t7-,8?/m0/s1. The molecule has 0 spiro atoms. The van der Waals surface area contributed by atoms with Gasteiger partial charge in [0.1, 0.15) is 6.04 Å². The molecule has 6 N–H and O–H groups in total. The topological polar surface area (TPSA) is 134 Å². The number of primary amides is 1. The molecule has 1 aliphatic heterocycles. The van der Waals surface area contributed by atoms with Gasteiger partial charge in [0.15, 0.2) is 0 Å². The first-order valence-corrected chi connectivity index (χ1v) is 6.30. The zero-order valence-electron chi connectivity index (χ0n) is 10.6. The van der Waals surface area contributed by atoms with E-state index in [2.05, 4.69) is 16.0 Å². The minimum Gasteiger partial charge on any atom is -0.465 e. The summed E-state index contributed by atoms with van der Waals surface area (Å²) in [5.41, 5.74) is 5.21. The number of carbonyl (C=O) groups excluding carboxylic acids is 2. The van der Waals surface area contributed by atoms with E-state index in [0.717, 1.165) is 19.4 Å². The Morgan fingerprint density at radius 1 is 1.42 bits per heavy atom. The average molecular weight is 272 g/mol. The molecule has 1 saturated heterocycles. The number of carbonyl (C=O) groups is 3. The summed E-state index contributed by atoms with van der Waals surface area (Å²) >= 11 is 0. The maximum Gasteiger partial charge on any atom is 0.404 e. The maximum absolute atomic E-state index is 11.8. The highest BCUT2D eigenvalue weighted by atomic mass is 16.4. The Morgan fingerprint density at radius 3 is 2.68 bits per heavy atom. The lowest BCUT2D eigenvalue weighted by Gasteiger charge is -2.18. The lowest BCUT2D eigenvalue weighted by atomic mass is 10.1. The van der Waals surface area contributed by atoms with Gasteiger partial charge in [-0.15, -0.1) is 0 Å². The van der Waals surface area contributed by atoms with Crippen LogP contribution in [0.3, 0.4) is 0 Å². The predicted molar refractivity (Wildman–Crippen MR) is 67.4 cm³/mol. The van der Waals surface area contributed by atoms with Gasteiger partial charge in [-0.3, -0.25) is 9.59 Å². The summed E-state index contributed by atoms with van der Waals surface area (Å²) in [5, 5.41) is 16.2. The summed E-state index contributed by atoms with van der Waals surface area (Å²) in [6.45, 7) is 1.01. The van der Waals surface area contributed by atoms with Crippen LogP contribution < -0.4 is 21.7 Å². The maximum atomic E-state index is 11.8. The predicted octanol–water partition coefficient (Wildman–Crippen LogP) is -1.24. The van der Waals surface area contributed by atoms with Crippen LogP contribution >= 0.6 is 0 Å². The molecular formula is C11H20N4O4. The fraction of sp³-hybridized carbons (Fsp3) is 0.727. The van der Waals surface area contributed by atoms with Crippen LogP contribution in [-0.2, 0) is 9.59 Å². The zero-order valence-corrected chi connectivity index (χ0v) is 10.6. The van der Waals surface area contributed by atoms with Gasteiger partial charge in [0.05, 0.1) is 6.04 Å². The SMILES string of the molecule is NC(=O)[C@H](CCCNC(=O)O)NC(=O)C1CCCN1. The molecule has 2 atom stereocenters. The van der Waals surface area contributed by atoms with Gasteiger partial charge in [0, 0.05) is 6.54 Å². The Morgan fingerprint density at radius 2 is 2.16 bits per heavy atom. The molecule has 1 heterocycles. The van der Waals surface area contributed by atoms with Gasteiger partial charge in [-0.05, 0) is 32.2 Å². The summed E-state index contributed by atoms with van der Waals surface area (Å²) < 4.78 is 0. The Hall–Kier alpha value is -1.83. The van der Waals surface area contributed by atoms with E-state index in [4.69, 9.17) is 10.8 Å². The quantitative estimate of drug-likeness (QED) is 0.369. The smallest absolute Gasteiger partial charge is 0.404 e. The Balaban J connectivity index is 2.33. The average Bonchev–Trinajstić information content (AvgIpc) is 2.85. The molecule has 1 aliphatic rings. The van der Waals surface area contributed by atoms with Crippen molar-refractivity contribution in [3.8, 4) is 0 Å². The van der Waals surface area contributed by atoms with E-state index in [9.17, 15) is 14.4 Å². The van der Waals surface area contributed by atoms with E-state index < -0.39 is 18.0 Å². The van der Waals surface area contributed by atoms with Crippen molar-refractivity contribution in [2.45, 2.75) is 37.8 Å². The molecule has 0 aliphatic carbocycles. The zero-order chi connectivity index (χ0) is 14.3. The van der Waals surface area contributed by atoms with E-state index in [1.807, 2.05) is 0 Å². The third kappa shape index (κ3) is 5.56. The highest BCUT2D eigenvalue weighted by molar-refractivity contribution is 5.89. The molecule has 0 aromatic carbocycles. The molecule has 1 unspecified atom stereocenters. The molecular weight excluding hydrogens is 252 g/mol. The third-order valence-corrected chi connectivity index (χ3v) is 2.98. The summed E-state index contributed by atoms with van der Waals surface area (Å²) in [6, 6.07) is -1.02. The lowest BCUT2D eigenvalue weighted by molar-refractivity contribution is -0.128. The van der Waals surface area contributed by atoms with Gasteiger partial charge in [0.25, 0.3) is 0 Å². The molecule has 8 heteroatoms. The van der Waals surface area contributed by atoms with Crippen molar-refractivity contribution in [2.75, 3.05) is 13.1 Å². The van der Waals surface area contributed by atoms with Crippen LogP contribution in [0.5, 0.6) is 0 Å². The molecule has 8 nitrogen and oxygen atoms in total. The molecule has 0 bridgehead atoms. The number of nitrogens with one attached hydrogen (secondary N) is 3. The van der Waals surface area contributed by atoms with E-state index in [-0.39, 0.29) is 18.5 Å². The molecule has 3 amide bonds. The fourth-order valence-electron chi connectivity index (χ4n) is 1.97. The summed E-state index contributed by atoms with van der Waals surface area (Å²) in [4.78, 5) is 33.3. The number of nitrogens with two attached hydrogens (primary N) is 1. The van der Waals surface area contributed by atoms with Crippen LogP contribution in [0.2, 0.25) is 0 Å². The molecule has 0 saturated carbocycles. The van der Waals surface area contributed by atoms with Crippen molar-refractivity contribution in [3.05, 3.63) is 0 Å². The number of amides is 3. The van der Waals surface area contributed by atoms with Gasteiger partial charge in [-0.2, -0.15) is 0 Å². The monoisotopic (exact) mass is 272 g/mol. The highest BCUT2D eigenvalue weighted by Crippen LogP contribution is 2.06. The number of carboxylic acid groups (broad SMARTS) is 1. The molecule has 0 aromatic heterocycles. The van der Waals surface area contributed by atoms with E-state index in [1.165, 1.54) is 0 Å². The second-order valence-electron chi connectivity index (χ2n) is 4.49. The van der Waals surface area contributed by atoms with Crippen LogP contribution in [0.1, 0.15) is 25.7 Å². The molecule has 19 heavy (non-hydrogen) atoms. The van der Waals surface area contributed by atoms with Crippen LogP contribution in [0.25, 0.3) is 0 Å². The van der Waals surface area contributed by atoms with Crippen molar-refractivity contribution in [3.63, 3.8) is 0 Å². The van der Waals surface area contributed by atoms with Crippen molar-refractivity contribution in [1.29, 1.82) is 0 Å². The van der Waals surface area contributed by atoms with Crippen molar-refractivity contribution in [1.82, 2.24) is 16.0 Å². The Labute approximate surface area is 111 Å². The minimum absolute atomic E-state index is 0.219. The number of hydrogen-bond acceptors (Lipinski definition) is 4. The first kappa shape index (κ1) is 15.2. The molecule has 1 fully saturated rings. The van der Waals surface area contributed by atoms with Crippen molar-refractivity contribution in [2.24, 2.45) is 5.73 Å². The van der Waals surface area contributed by atoms with Gasteiger partial charge in [-0.25, -0.2) is 4.79 Å². The minimum atomic E-state index is -1.12. The van der Waals surface area contributed by atoms with Gasteiger partial charge < -0.3 is 26.8 Å². The van der Waals surface area contributed by atoms with Crippen LogP contribution in [-0.4, -0.2) is 48.2 Å². The van der Waals surface area contributed by atoms with Gasteiger partial charge in [-0.1, -0.05) is 0 Å². The van der Waals surface area contributed by atoms with Crippen LogP contribution in [0.15, 0.2) is 0 Å². The van der Waals surface area contributed by atoms with Crippen molar-refractivity contribution < 1.29 is 19.5 Å². The molecule has 108 valence electrons. The molecule has 1 rings (SSSR count). The van der Waals surface area contributed by atoms with Crippen molar-refractivity contribution >= 4 is 17.9 Å². The first-order valence-electron chi connectivity index (χ1n) is 6.30. The molecule has 0 aromatic rings. The fourth-order valence-corrected chi connectivity index (χ4v) is 1.97.